The molecule has 0 aliphatic rings. The molecule has 0 radical (unpaired) electrons. The van der Waals surface area contributed by atoms with E-state index in [2.05, 4.69) is 0 Å². The molecule has 0 aliphatic heterocycles. The molecule has 0 aliphatic carbocycles. The van der Waals surface area contributed by atoms with Crippen LogP contribution in [0.3, 0.4) is 0 Å². The molecule has 0 bridgehead atoms. The van der Waals surface area contributed by atoms with Crippen molar-refractivity contribution in [3.8, 4) is 5.75 Å². The van der Waals surface area contributed by atoms with Gasteiger partial charge in [0.25, 0.3) is 5.91 Å². The number of aliphatic hydroxyl groups is 1. The van der Waals surface area contributed by atoms with Crippen LogP contribution in [0.1, 0.15) is 22.0 Å². The van der Waals surface area contributed by atoms with Gasteiger partial charge in [-0.25, -0.2) is 4.39 Å². The number of ether oxygens (including phenoxy) is 1. The third-order valence-electron chi connectivity index (χ3n) is 2.87. The van der Waals surface area contributed by atoms with Gasteiger partial charge in [-0.1, -0.05) is 29.8 Å². The van der Waals surface area contributed by atoms with Crippen LogP contribution in [0.2, 0.25) is 5.02 Å². The van der Waals surface area contributed by atoms with Gasteiger partial charge >= 0.3 is 0 Å². The number of benzene rings is 2. The number of halogens is 2. The van der Waals surface area contributed by atoms with E-state index in [1.807, 2.05) is 0 Å². The average Bonchev–Trinajstić information content (AvgIpc) is 2.46. The second-order valence-electron chi connectivity index (χ2n) is 4.35. The Morgan fingerprint density at radius 3 is 2.71 bits per heavy atom. The van der Waals surface area contributed by atoms with E-state index in [4.69, 9.17) is 22.1 Å². The van der Waals surface area contributed by atoms with E-state index in [0.717, 1.165) is 0 Å². The Balaban J connectivity index is 2.13. The molecule has 4 nitrogen and oxygen atoms in total. The van der Waals surface area contributed by atoms with Crippen molar-refractivity contribution >= 4 is 17.5 Å². The third-order valence-corrected chi connectivity index (χ3v) is 3.10. The molecule has 0 aromatic heterocycles. The zero-order valence-electron chi connectivity index (χ0n) is 10.9. The van der Waals surface area contributed by atoms with E-state index in [9.17, 15) is 14.3 Å². The topological polar surface area (TPSA) is 72.6 Å². The van der Waals surface area contributed by atoms with E-state index in [0.29, 0.717) is 5.02 Å². The number of nitrogens with two attached hydrogens (primary N) is 1. The van der Waals surface area contributed by atoms with Gasteiger partial charge in [-0.3, -0.25) is 4.79 Å². The van der Waals surface area contributed by atoms with Crippen LogP contribution >= 0.6 is 11.6 Å². The Labute approximate surface area is 125 Å². The second kappa shape index (κ2) is 6.56. The molecule has 1 amide bonds. The summed E-state index contributed by atoms with van der Waals surface area (Å²) in [6.07, 6.45) is -1.16. The summed E-state index contributed by atoms with van der Waals surface area (Å²) in [5.41, 5.74) is 5.44. The average molecular weight is 310 g/mol. The summed E-state index contributed by atoms with van der Waals surface area (Å²) in [6.45, 7) is -0.219. The quantitative estimate of drug-likeness (QED) is 0.892. The molecule has 2 aromatic carbocycles. The number of aliphatic hydroxyl groups excluding tert-OH is 1. The molecule has 0 spiro atoms. The fourth-order valence-corrected chi connectivity index (χ4v) is 2.00. The molecule has 1 atom stereocenters. The Morgan fingerprint density at radius 1 is 1.33 bits per heavy atom. The van der Waals surface area contributed by atoms with Crippen LogP contribution < -0.4 is 10.5 Å². The minimum absolute atomic E-state index is 0.100. The van der Waals surface area contributed by atoms with Crippen LogP contribution in [0.25, 0.3) is 0 Å². The molecule has 0 saturated heterocycles. The molecule has 0 heterocycles. The molecule has 0 saturated carbocycles. The summed E-state index contributed by atoms with van der Waals surface area (Å²) in [4.78, 5) is 11.3. The van der Waals surface area contributed by atoms with Crippen molar-refractivity contribution in [2.75, 3.05) is 6.61 Å². The van der Waals surface area contributed by atoms with Crippen molar-refractivity contribution in [2.45, 2.75) is 6.10 Å². The molecule has 21 heavy (non-hydrogen) atoms. The van der Waals surface area contributed by atoms with Crippen LogP contribution in [-0.2, 0) is 0 Å². The highest BCUT2D eigenvalue weighted by molar-refractivity contribution is 6.31. The molecule has 1 unspecified atom stereocenters. The molecular formula is C15H13ClFNO3. The van der Waals surface area contributed by atoms with E-state index in [-0.39, 0.29) is 23.5 Å². The number of hydrogen-bond donors (Lipinski definition) is 2. The smallest absolute Gasteiger partial charge is 0.252 e. The lowest BCUT2D eigenvalue weighted by Gasteiger charge is -2.15. The summed E-state index contributed by atoms with van der Waals surface area (Å²) in [5, 5.41) is 10.3. The van der Waals surface area contributed by atoms with E-state index >= 15 is 0 Å². The zero-order valence-corrected chi connectivity index (χ0v) is 11.7. The molecule has 2 rings (SSSR count). The van der Waals surface area contributed by atoms with Crippen LogP contribution in [0.4, 0.5) is 4.39 Å². The largest absolute Gasteiger partial charge is 0.490 e. The van der Waals surface area contributed by atoms with Crippen molar-refractivity contribution < 1.29 is 19.0 Å². The third kappa shape index (κ3) is 3.71. The van der Waals surface area contributed by atoms with Gasteiger partial charge in [-0.15, -0.1) is 0 Å². The first-order valence-electron chi connectivity index (χ1n) is 6.13. The normalized spacial score (nSPS) is 12.0. The first-order chi connectivity index (χ1) is 9.99. The van der Waals surface area contributed by atoms with Crippen LogP contribution in [0, 0.1) is 5.82 Å². The summed E-state index contributed by atoms with van der Waals surface area (Å²) < 4.78 is 18.9. The summed E-state index contributed by atoms with van der Waals surface area (Å²) in [7, 11) is 0. The highest BCUT2D eigenvalue weighted by Crippen LogP contribution is 2.24. The van der Waals surface area contributed by atoms with Crippen molar-refractivity contribution in [2.24, 2.45) is 5.73 Å². The van der Waals surface area contributed by atoms with E-state index in [1.54, 1.807) is 6.07 Å². The number of primary amides is 1. The minimum atomic E-state index is -1.16. The Bertz CT molecular complexity index is 663. The zero-order chi connectivity index (χ0) is 15.4. The van der Waals surface area contributed by atoms with Gasteiger partial charge in [0.1, 0.15) is 24.3 Å². The molecule has 6 heteroatoms. The lowest BCUT2D eigenvalue weighted by molar-refractivity contribution is 0.0959. The van der Waals surface area contributed by atoms with Crippen molar-refractivity contribution in [3.05, 3.63) is 64.4 Å². The highest BCUT2D eigenvalue weighted by atomic mass is 35.5. The predicted octanol–water partition coefficient (Wildman–Crippen LogP) is 2.69. The summed E-state index contributed by atoms with van der Waals surface area (Å²) in [6, 6.07) is 10.2. The number of rotatable bonds is 5. The monoisotopic (exact) mass is 309 g/mol. The van der Waals surface area contributed by atoms with Gasteiger partial charge in [-0.05, 0) is 24.3 Å². The van der Waals surface area contributed by atoms with Crippen LogP contribution in [-0.4, -0.2) is 17.6 Å². The molecular weight excluding hydrogens is 297 g/mol. The van der Waals surface area contributed by atoms with Gasteiger partial charge in [-0.2, -0.15) is 0 Å². The molecule has 3 N–H and O–H groups in total. The van der Waals surface area contributed by atoms with Gasteiger partial charge in [0, 0.05) is 10.6 Å². The maximum Gasteiger partial charge on any atom is 0.252 e. The lowest BCUT2D eigenvalue weighted by Crippen LogP contribution is -2.16. The van der Waals surface area contributed by atoms with Crippen molar-refractivity contribution in [1.82, 2.24) is 0 Å². The highest BCUT2D eigenvalue weighted by Gasteiger charge is 2.15. The van der Waals surface area contributed by atoms with Crippen LogP contribution in [0.5, 0.6) is 5.75 Å². The molecule has 0 fully saturated rings. The van der Waals surface area contributed by atoms with E-state index in [1.165, 1.54) is 36.4 Å². The maximum atomic E-state index is 13.5. The van der Waals surface area contributed by atoms with Gasteiger partial charge in [0.2, 0.25) is 0 Å². The van der Waals surface area contributed by atoms with E-state index < -0.39 is 17.8 Å². The number of amides is 1. The summed E-state index contributed by atoms with van der Waals surface area (Å²) >= 11 is 5.78. The first kappa shape index (κ1) is 15.3. The number of hydrogen-bond acceptors (Lipinski definition) is 3. The molecule has 2 aromatic rings. The number of carbonyl (C=O) groups is 1. The molecule has 110 valence electrons. The van der Waals surface area contributed by atoms with Crippen LogP contribution in [0.15, 0.2) is 42.5 Å². The van der Waals surface area contributed by atoms with Crippen molar-refractivity contribution in [1.29, 1.82) is 0 Å². The number of carbonyl (C=O) groups excluding carboxylic acids is 1. The first-order valence-corrected chi connectivity index (χ1v) is 6.51. The SMILES string of the molecule is NC(=O)c1cc(Cl)ccc1OCC(O)c1ccccc1F. The Kier molecular flexibility index (Phi) is 4.77. The fourth-order valence-electron chi connectivity index (χ4n) is 1.82. The Hall–Kier alpha value is -2.11. The van der Waals surface area contributed by atoms with Crippen molar-refractivity contribution in [3.63, 3.8) is 0 Å². The lowest BCUT2D eigenvalue weighted by atomic mass is 10.1. The second-order valence-corrected chi connectivity index (χ2v) is 4.79. The summed E-state index contributed by atoms with van der Waals surface area (Å²) in [5.74, 6) is -1.05. The maximum absolute atomic E-state index is 13.5. The Morgan fingerprint density at radius 2 is 2.05 bits per heavy atom. The standard InChI is InChI=1S/C15H13ClFNO3/c16-9-5-6-14(11(7-9)15(18)20)21-8-13(19)10-3-1-2-4-12(10)17/h1-7,13,19H,8H2,(H2,18,20). The minimum Gasteiger partial charge on any atom is -0.490 e. The fraction of sp³-hybridized carbons (Fsp3) is 0.133. The van der Waals surface area contributed by atoms with Gasteiger partial charge in [0.15, 0.2) is 0 Å². The predicted molar refractivity (Wildman–Crippen MR) is 76.8 cm³/mol. The van der Waals surface area contributed by atoms with Gasteiger partial charge < -0.3 is 15.6 Å². The van der Waals surface area contributed by atoms with Gasteiger partial charge in [0.05, 0.1) is 5.56 Å².